The van der Waals surface area contributed by atoms with E-state index in [1.165, 1.54) is 5.56 Å². The van der Waals surface area contributed by atoms with Gasteiger partial charge < -0.3 is 19.1 Å². The summed E-state index contributed by atoms with van der Waals surface area (Å²) in [6.45, 7) is 9.13. The SMILES string of the molecule is CCCN(C(=O)OC(C)(C)C)C(Cc1ccccc1)C1COCO1. The van der Waals surface area contributed by atoms with Crippen LogP contribution in [-0.2, 0) is 20.6 Å². The number of rotatable bonds is 6. The van der Waals surface area contributed by atoms with Gasteiger partial charge in [0.15, 0.2) is 0 Å². The van der Waals surface area contributed by atoms with Crippen molar-refractivity contribution in [1.82, 2.24) is 4.90 Å². The number of nitrogens with zero attached hydrogens (tertiary/aromatic N) is 1. The number of hydrogen-bond donors (Lipinski definition) is 0. The Morgan fingerprint density at radius 2 is 2.04 bits per heavy atom. The number of carbonyl (C=O) groups excluding carboxylic acids is 1. The van der Waals surface area contributed by atoms with E-state index in [1.54, 1.807) is 4.90 Å². The van der Waals surface area contributed by atoms with Crippen LogP contribution in [0.25, 0.3) is 0 Å². The molecule has 1 saturated heterocycles. The molecule has 1 aromatic rings. The fourth-order valence-electron chi connectivity index (χ4n) is 2.82. The van der Waals surface area contributed by atoms with Crippen molar-refractivity contribution in [2.24, 2.45) is 0 Å². The highest BCUT2D eigenvalue weighted by Gasteiger charge is 2.36. The van der Waals surface area contributed by atoms with Crippen molar-refractivity contribution < 1.29 is 19.0 Å². The highest BCUT2D eigenvalue weighted by molar-refractivity contribution is 5.68. The van der Waals surface area contributed by atoms with E-state index in [2.05, 4.69) is 19.1 Å². The molecule has 1 aliphatic heterocycles. The van der Waals surface area contributed by atoms with Crippen molar-refractivity contribution in [3.8, 4) is 0 Å². The number of ether oxygens (including phenoxy) is 3. The highest BCUT2D eigenvalue weighted by atomic mass is 16.7. The molecule has 1 amide bonds. The molecule has 2 rings (SSSR count). The van der Waals surface area contributed by atoms with Crippen molar-refractivity contribution in [2.45, 2.75) is 58.3 Å². The molecule has 24 heavy (non-hydrogen) atoms. The Hall–Kier alpha value is -1.59. The summed E-state index contributed by atoms with van der Waals surface area (Å²) in [7, 11) is 0. The van der Waals surface area contributed by atoms with Gasteiger partial charge in [0.2, 0.25) is 0 Å². The topological polar surface area (TPSA) is 48.0 Å². The second kappa shape index (κ2) is 8.49. The quantitative estimate of drug-likeness (QED) is 0.797. The number of amides is 1. The standard InChI is InChI=1S/C19H29NO4/c1-5-11-20(18(21)24-19(2,3)4)16(17-13-22-14-23-17)12-15-9-7-6-8-10-15/h6-10,16-17H,5,11-14H2,1-4H3. The smallest absolute Gasteiger partial charge is 0.410 e. The van der Waals surface area contributed by atoms with Gasteiger partial charge in [-0.05, 0) is 39.2 Å². The summed E-state index contributed by atoms with van der Waals surface area (Å²) in [6, 6.07) is 10.0. The van der Waals surface area contributed by atoms with Crippen molar-refractivity contribution in [3.05, 3.63) is 35.9 Å². The zero-order valence-electron chi connectivity index (χ0n) is 15.2. The molecule has 1 aromatic carbocycles. The van der Waals surface area contributed by atoms with Gasteiger partial charge in [0.05, 0.1) is 12.6 Å². The third kappa shape index (κ3) is 5.49. The first kappa shape index (κ1) is 18.7. The minimum absolute atomic E-state index is 0.107. The van der Waals surface area contributed by atoms with E-state index in [1.807, 2.05) is 39.0 Å². The summed E-state index contributed by atoms with van der Waals surface area (Å²) in [6.07, 6.45) is 1.15. The average molecular weight is 335 g/mol. The number of hydrogen-bond acceptors (Lipinski definition) is 4. The summed E-state index contributed by atoms with van der Waals surface area (Å²) in [5.41, 5.74) is 0.649. The van der Waals surface area contributed by atoms with Gasteiger partial charge in [-0.25, -0.2) is 4.79 Å². The molecule has 0 aliphatic carbocycles. The molecule has 1 fully saturated rings. The Morgan fingerprint density at radius 1 is 1.33 bits per heavy atom. The van der Waals surface area contributed by atoms with Crippen LogP contribution in [0.1, 0.15) is 39.7 Å². The van der Waals surface area contributed by atoms with Crippen LogP contribution >= 0.6 is 0 Å². The van der Waals surface area contributed by atoms with Crippen molar-refractivity contribution >= 4 is 6.09 Å². The molecule has 0 radical (unpaired) electrons. The fraction of sp³-hybridized carbons (Fsp3) is 0.632. The third-order valence-corrected chi connectivity index (χ3v) is 3.86. The third-order valence-electron chi connectivity index (χ3n) is 3.86. The lowest BCUT2D eigenvalue weighted by Crippen LogP contribution is -2.51. The van der Waals surface area contributed by atoms with Crippen LogP contribution in [0, 0.1) is 0 Å². The van der Waals surface area contributed by atoms with E-state index in [4.69, 9.17) is 14.2 Å². The van der Waals surface area contributed by atoms with Gasteiger partial charge in [-0.2, -0.15) is 0 Å². The molecule has 5 nitrogen and oxygen atoms in total. The van der Waals surface area contributed by atoms with E-state index >= 15 is 0 Å². The Balaban J connectivity index is 2.21. The van der Waals surface area contributed by atoms with E-state index in [9.17, 15) is 4.79 Å². The van der Waals surface area contributed by atoms with Crippen LogP contribution in [0.4, 0.5) is 4.79 Å². The minimum atomic E-state index is -0.520. The molecule has 2 unspecified atom stereocenters. The molecule has 0 spiro atoms. The van der Waals surface area contributed by atoms with E-state index in [0.717, 1.165) is 6.42 Å². The van der Waals surface area contributed by atoms with Gasteiger partial charge in [0.1, 0.15) is 18.5 Å². The van der Waals surface area contributed by atoms with Crippen LogP contribution < -0.4 is 0 Å². The van der Waals surface area contributed by atoms with Crippen LogP contribution in [0.15, 0.2) is 30.3 Å². The van der Waals surface area contributed by atoms with Crippen LogP contribution in [-0.4, -0.2) is 48.7 Å². The normalized spacial score (nSPS) is 19.1. The Morgan fingerprint density at radius 3 is 2.58 bits per heavy atom. The van der Waals surface area contributed by atoms with Crippen LogP contribution in [0.5, 0.6) is 0 Å². The van der Waals surface area contributed by atoms with E-state index < -0.39 is 5.60 Å². The summed E-state index contributed by atoms with van der Waals surface area (Å²) >= 11 is 0. The number of benzene rings is 1. The predicted molar refractivity (Wildman–Crippen MR) is 92.9 cm³/mol. The molecule has 0 saturated carbocycles. The summed E-state index contributed by atoms with van der Waals surface area (Å²) in [4.78, 5) is 14.5. The first-order valence-corrected chi connectivity index (χ1v) is 8.63. The molecule has 0 N–H and O–H groups in total. The zero-order valence-corrected chi connectivity index (χ0v) is 15.2. The van der Waals surface area contributed by atoms with Gasteiger partial charge in [-0.3, -0.25) is 0 Å². The maximum atomic E-state index is 12.7. The average Bonchev–Trinajstić information content (AvgIpc) is 3.04. The Kier molecular flexibility index (Phi) is 6.63. The second-order valence-corrected chi connectivity index (χ2v) is 7.12. The van der Waals surface area contributed by atoms with Gasteiger partial charge in [-0.15, -0.1) is 0 Å². The molecular formula is C19H29NO4. The van der Waals surface area contributed by atoms with Gasteiger partial charge >= 0.3 is 6.09 Å². The maximum absolute atomic E-state index is 12.7. The molecule has 1 heterocycles. The van der Waals surface area contributed by atoms with Gasteiger partial charge in [0.25, 0.3) is 0 Å². The second-order valence-electron chi connectivity index (χ2n) is 7.12. The molecule has 1 aliphatic rings. The minimum Gasteiger partial charge on any atom is -0.444 e. The molecular weight excluding hydrogens is 306 g/mol. The van der Waals surface area contributed by atoms with Crippen LogP contribution in [0.2, 0.25) is 0 Å². The molecule has 134 valence electrons. The lowest BCUT2D eigenvalue weighted by atomic mass is 10.00. The van der Waals surface area contributed by atoms with Gasteiger partial charge in [-0.1, -0.05) is 37.3 Å². The van der Waals surface area contributed by atoms with Gasteiger partial charge in [0, 0.05) is 6.54 Å². The molecule has 0 aromatic heterocycles. The fourth-order valence-corrected chi connectivity index (χ4v) is 2.82. The highest BCUT2D eigenvalue weighted by Crippen LogP contribution is 2.21. The van der Waals surface area contributed by atoms with E-state index in [-0.39, 0.29) is 25.0 Å². The maximum Gasteiger partial charge on any atom is 0.410 e. The zero-order chi connectivity index (χ0) is 17.6. The summed E-state index contributed by atoms with van der Waals surface area (Å²) < 4.78 is 16.7. The number of carbonyl (C=O) groups is 1. The van der Waals surface area contributed by atoms with Crippen molar-refractivity contribution in [1.29, 1.82) is 0 Å². The molecule has 0 bridgehead atoms. The molecule has 5 heteroatoms. The Labute approximate surface area is 144 Å². The monoisotopic (exact) mass is 335 g/mol. The Bertz CT molecular complexity index is 506. The predicted octanol–water partition coefficient (Wildman–Crippen LogP) is 3.62. The lowest BCUT2D eigenvalue weighted by molar-refractivity contribution is -0.0157. The first-order chi connectivity index (χ1) is 11.4. The molecule has 2 atom stereocenters. The van der Waals surface area contributed by atoms with E-state index in [0.29, 0.717) is 19.6 Å². The summed E-state index contributed by atoms with van der Waals surface area (Å²) in [5.74, 6) is 0. The largest absolute Gasteiger partial charge is 0.444 e. The first-order valence-electron chi connectivity index (χ1n) is 8.63. The van der Waals surface area contributed by atoms with Crippen molar-refractivity contribution in [3.63, 3.8) is 0 Å². The summed E-state index contributed by atoms with van der Waals surface area (Å²) in [5, 5.41) is 0. The lowest BCUT2D eigenvalue weighted by Gasteiger charge is -2.35. The van der Waals surface area contributed by atoms with Crippen molar-refractivity contribution in [2.75, 3.05) is 19.9 Å². The van der Waals surface area contributed by atoms with Crippen LogP contribution in [0.3, 0.4) is 0 Å².